The Bertz CT molecular complexity index is 254. The first-order valence-electron chi connectivity index (χ1n) is 4.32. The molecular weight excluding hydrogens is 184 g/mol. The monoisotopic (exact) mass is 198 g/mol. The van der Waals surface area contributed by atoms with Gasteiger partial charge in [0.15, 0.2) is 5.78 Å². The SMILES string of the molecule is COC(C)CCC(=O)c1ccsc1. The number of hydrogen-bond donors (Lipinski definition) is 0. The van der Waals surface area contributed by atoms with Crippen molar-refractivity contribution in [2.75, 3.05) is 7.11 Å². The minimum absolute atomic E-state index is 0.169. The van der Waals surface area contributed by atoms with Crippen molar-refractivity contribution in [2.45, 2.75) is 25.9 Å². The Morgan fingerprint density at radius 1 is 1.69 bits per heavy atom. The average Bonchev–Trinajstić information content (AvgIpc) is 2.66. The lowest BCUT2D eigenvalue weighted by molar-refractivity contribution is 0.0878. The second-order valence-electron chi connectivity index (χ2n) is 3.02. The van der Waals surface area contributed by atoms with Gasteiger partial charge in [-0.05, 0) is 24.8 Å². The number of ether oxygens (including phenoxy) is 1. The molecule has 0 saturated carbocycles. The van der Waals surface area contributed by atoms with Crippen LogP contribution in [0, 0.1) is 0 Å². The van der Waals surface area contributed by atoms with Crippen molar-refractivity contribution >= 4 is 17.1 Å². The summed E-state index contributed by atoms with van der Waals surface area (Å²) < 4.78 is 5.07. The summed E-state index contributed by atoms with van der Waals surface area (Å²) in [6, 6.07) is 1.87. The third-order valence-corrected chi connectivity index (χ3v) is 2.71. The Kier molecular flexibility index (Phi) is 4.12. The van der Waals surface area contributed by atoms with Crippen LogP contribution >= 0.6 is 11.3 Å². The molecule has 1 unspecified atom stereocenters. The van der Waals surface area contributed by atoms with Gasteiger partial charge in [0.05, 0.1) is 6.10 Å². The molecule has 72 valence electrons. The summed E-state index contributed by atoms with van der Waals surface area (Å²) in [5, 5.41) is 3.81. The summed E-state index contributed by atoms with van der Waals surface area (Å²) in [6.07, 6.45) is 1.54. The number of hydrogen-bond acceptors (Lipinski definition) is 3. The third-order valence-electron chi connectivity index (χ3n) is 2.02. The number of carbonyl (C=O) groups excluding carboxylic acids is 1. The van der Waals surface area contributed by atoms with E-state index in [9.17, 15) is 4.79 Å². The molecule has 0 aliphatic carbocycles. The van der Waals surface area contributed by atoms with Gasteiger partial charge in [-0.3, -0.25) is 4.79 Å². The summed E-state index contributed by atoms with van der Waals surface area (Å²) >= 11 is 1.56. The zero-order chi connectivity index (χ0) is 9.68. The van der Waals surface area contributed by atoms with E-state index in [1.54, 1.807) is 18.4 Å². The van der Waals surface area contributed by atoms with Crippen LogP contribution in [0.25, 0.3) is 0 Å². The lowest BCUT2D eigenvalue weighted by Gasteiger charge is -2.07. The van der Waals surface area contributed by atoms with Crippen molar-refractivity contribution < 1.29 is 9.53 Å². The van der Waals surface area contributed by atoms with Crippen LogP contribution in [-0.2, 0) is 4.74 Å². The highest BCUT2D eigenvalue weighted by Gasteiger charge is 2.08. The van der Waals surface area contributed by atoms with Crippen molar-refractivity contribution in [3.05, 3.63) is 22.4 Å². The predicted octanol–water partition coefficient (Wildman–Crippen LogP) is 2.75. The maximum Gasteiger partial charge on any atom is 0.163 e. The lowest BCUT2D eigenvalue weighted by Crippen LogP contribution is -2.08. The summed E-state index contributed by atoms with van der Waals surface area (Å²) in [6.45, 7) is 1.97. The maximum atomic E-state index is 11.5. The molecule has 1 aromatic rings. The molecule has 2 nitrogen and oxygen atoms in total. The van der Waals surface area contributed by atoms with E-state index in [2.05, 4.69) is 0 Å². The van der Waals surface area contributed by atoms with Crippen LogP contribution in [0.2, 0.25) is 0 Å². The van der Waals surface area contributed by atoms with Gasteiger partial charge >= 0.3 is 0 Å². The van der Waals surface area contributed by atoms with E-state index in [4.69, 9.17) is 4.74 Å². The maximum absolute atomic E-state index is 11.5. The number of thiophene rings is 1. The Hall–Kier alpha value is -0.670. The molecule has 0 N–H and O–H groups in total. The Morgan fingerprint density at radius 2 is 2.46 bits per heavy atom. The van der Waals surface area contributed by atoms with E-state index in [0.717, 1.165) is 12.0 Å². The first-order chi connectivity index (χ1) is 6.24. The largest absolute Gasteiger partial charge is 0.382 e. The van der Waals surface area contributed by atoms with Gasteiger partial charge < -0.3 is 4.74 Å². The Morgan fingerprint density at radius 3 is 3.00 bits per heavy atom. The van der Waals surface area contributed by atoms with Gasteiger partial charge in [0.2, 0.25) is 0 Å². The smallest absolute Gasteiger partial charge is 0.163 e. The van der Waals surface area contributed by atoms with E-state index in [1.165, 1.54) is 0 Å². The first kappa shape index (κ1) is 10.4. The zero-order valence-corrected chi connectivity index (χ0v) is 8.76. The minimum atomic E-state index is 0.169. The van der Waals surface area contributed by atoms with E-state index in [-0.39, 0.29) is 11.9 Å². The van der Waals surface area contributed by atoms with Gasteiger partial charge in [0.1, 0.15) is 0 Å². The molecule has 1 atom stereocenters. The average molecular weight is 198 g/mol. The molecule has 0 fully saturated rings. The molecule has 1 aromatic heterocycles. The summed E-state index contributed by atoms with van der Waals surface area (Å²) in [5.41, 5.74) is 0.827. The second-order valence-corrected chi connectivity index (χ2v) is 3.80. The Labute approximate surface area is 82.5 Å². The fraction of sp³-hybridized carbons (Fsp3) is 0.500. The molecule has 0 aliphatic rings. The predicted molar refractivity (Wildman–Crippen MR) is 54.4 cm³/mol. The van der Waals surface area contributed by atoms with Crippen LogP contribution in [0.4, 0.5) is 0 Å². The van der Waals surface area contributed by atoms with Gasteiger partial charge in [-0.1, -0.05) is 0 Å². The molecule has 0 spiro atoms. The first-order valence-corrected chi connectivity index (χ1v) is 5.26. The minimum Gasteiger partial charge on any atom is -0.382 e. The van der Waals surface area contributed by atoms with Crippen LogP contribution in [0.3, 0.4) is 0 Å². The van der Waals surface area contributed by atoms with Gasteiger partial charge in [-0.15, -0.1) is 0 Å². The van der Waals surface area contributed by atoms with Crippen molar-refractivity contribution in [1.29, 1.82) is 0 Å². The summed E-state index contributed by atoms with van der Waals surface area (Å²) in [4.78, 5) is 11.5. The molecule has 0 saturated heterocycles. The number of ketones is 1. The van der Waals surface area contributed by atoms with Crippen molar-refractivity contribution in [1.82, 2.24) is 0 Å². The topological polar surface area (TPSA) is 26.3 Å². The van der Waals surface area contributed by atoms with E-state index in [0.29, 0.717) is 6.42 Å². The second kappa shape index (κ2) is 5.14. The molecule has 1 heterocycles. The van der Waals surface area contributed by atoms with Crippen LogP contribution in [0.15, 0.2) is 16.8 Å². The van der Waals surface area contributed by atoms with Crippen LogP contribution in [0.1, 0.15) is 30.1 Å². The third kappa shape index (κ3) is 3.28. The van der Waals surface area contributed by atoms with E-state index in [1.807, 2.05) is 23.8 Å². The van der Waals surface area contributed by atoms with Crippen LogP contribution in [-0.4, -0.2) is 19.0 Å². The standard InChI is InChI=1S/C10H14O2S/c1-8(12-2)3-4-10(11)9-5-6-13-7-9/h5-8H,3-4H2,1-2H3. The molecule has 0 amide bonds. The summed E-state index contributed by atoms with van der Waals surface area (Å²) in [5.74, 6) is 0.213. The number of Topliss-reactive ketones (excluding diaryl/α,β-unsaturated/α-hetero) is 1. The summed E-state index contributed by atoms with van der Waals surface area (Å²) in [7, 11) is 1.67. The van der Waals surface area contributed by atoms with E-state index < -0.39 is 0 Å². The highest BCUT2D eigenvalue weighted by atomic mass is 32.1. The number of rotatable bonds is 5. The number of methoxy groups -OCH3 is 1. The normalized spacial score (nSPS) is 12.8. The molecule has 3 heteroatoms. The molecule has 0 bridgehead atoms. The lowest BCUT2D eigenvalue weighted by atomic mass is 10.1. The fourth-order valence-electron chi connectivity index (χ4n) is 1.02. The Balaban J connectivity index is 2.35. The highest BCUT2D eigenvalue weighted by molar-refractivity contribution is 7.08. The van der Waals surface area contributed by atoms with Gasteiger partial charge in [-0.25, -0.2) is 0 Å². The highest BCUT2D eigenvalue weighted by Crippen LogP contribution is 2.11. The molecule has 0 radical (unpaired) electrons. The molecule has 1 rings (SSSR count). The molecular formula is C10H14O2S. The van der Waals surface area contributed by atoms with Gasteiger partial charge in [-0.2, -0.15) is 11.3 Å². The quantitative estimate of drug-likeness (QED) is 0.680. The molecule has 0 aliphatic heterocycles. The van der Waals surface area contributed by atoms with Crippen LogP contribution < -0.4 is 0 Å². The molecule has 13 heavy (non-hydrogen) atoms. The number of carbonyl (C=O) groups is 1. The van der Waals surface area contributed by atoms with Crippen molar-refractivity contribution in [3.8, 4) is 0 Å². The molecule has 0 aromatic carbocycles. The van der Waals surface area contributed by atoms with E-state index >= 15 is 0 Å². The van der Waals surface area contributed by atoms with Gasteiger partial charge in [0, 0.05) is 24.5 Å². The van der Waals surface area contributed by atoms with Crippen LogP contribution in [0.5, 0.6) is 0 Å². The van der Waals surface area contributed by atoms with Crippen molar-refractivity contribution in [2.24, 2.45) is 0 Å². The fourth-order valence-corrected chi connectivity index (χ4v) is 1.68. The zero-order valence-electron chi connectivity index (χ0n) is 7.95. The van der Waals surface area contributed by atoms with Gasteiger partial charge in [0.25, 0.3) is 0 Å². The van der Waals surface area contributed by atoms with Crippen molar-refractivity contribution in [3.63, 3.8) is 0 Å².